The van der Waals surface area contributed by atoms with Gasteiger partial charge in [0, 0.05) is 6.20 Å². The number of aromatic nitrogens is 3. The van der Waals surface area contributed by atoms with Gasteiger partial charge in [-0.25, -0.2) is 4.98 Å². The van der Waals surface area contributed by atoms with Gasteiger partial charge < -0.3 is 11.1 Å². The van der Waals surface area contributed by atoms with Gasteiger partial charge >= 0.3 is 6.18 Å². The Bertz CT molecular complexity index is 1200. The maximum absolute atomic E-state index is 13.3. The maximum Gasteiger partial charge on any atom is 0.416 e. The SMILES string of the molecule is Cc1cc(C(=O)Nc2cnn3c2C(=O)C(c2ccc(C(F)(F)F)cc2)C[C@@H]3C)cnc1N. The molecule has 1 aliphatic heterocycles. The third-order valence-electron chi connectivity index (χ3n) is 5.61. The highest BCUT2D eigenvalue weighted by Crippen LogP contribution is 2.39. The summed E-state index contributed by atoms with van der Waals surface area (Å²) in [6.07, 6.45) is -1.33. The van der Waals surface area contributed by atoms with Crippen LogP contribution in [0.5, 0.6) is 0 Å². The number of halogens is 3. The van der Waals surface area contributed by atoms with Gasteiger partial charge in [0.2, 0.25) is 0 Å². The van der Waals surface area contributed by atoms with Crippen molar-refractivity contribution in [2.75, 3.05) is 11.1 Å². The molecule has 166 valence electrons. The van der Waals surface area contributed by atoms with Gasteiger partial charge in [-0.05, 0) is 49.6 Å². The number of aryl methyl sites for hydroxylation is 1. The molecule has 10 heteroatoms. The van der Waals surface area contributed by atoms with E-state index in [4.69, 9.17) is 5.73 Å². The summed E-state index contributed by atoms with van der Waals surface area (Å²) in [7, 11) is 0. The molecule has 0 bridgehead atoms. The van der Waals surface area contributed by atoms with Crippen LogP contribution >= 0.6 is 0 Å². The highest BCUT2D eigenvalue weighted by atomic mass is 19.4. The molecule has 3 heterocycles. The number of nitrogens with one attached hydrogen (secondary N) is 1. The lowest BCUT2D eigenvalue weighted by Crippen LogP contribution is -2.29. The number of amides is 1. The molecule has 1 unspecified atom stereocenters. The van der Waals surface area contributed by atoms with E-state index in [1.165, 1.54) is 29.2 Å². The van der Waals surface area contributed by atoms with Crippen LogP contribution in [0.25, 0.3) is 0 Å². The van der Waals surface area contributed by atoms with Crippen molar-refractivity contribution in [3.63, 3.8) is 0 Å². The van der Waals surface area contributed by atoms with Crippen LogP contribution in [0.3, 0.4) is 0 Å². The first kappa shape index (κ1) is 21.5. The van der Waals surface area contributed by atoms with Gasteiger partial charge in [0.1, 0.15) is 11.5 Å². The number of rotatable bonds is 3. The van der Waals surface area contributed by atoms with E-state index in [0.717, 1.165) is 12.1 Å². The Kier molecular flexibility index (Phi) is 5.23. The zero-order valence-electron chi connectivity index (χ0n) is 17.3. The minimum atomic E-state index is -4.45. The van der Waals surface area contributed by atoms with Crippen LogP contribution in [-0.4, -0.2) is 26.5 Å². The van der Waals surface area contributed by atoms with Crippen LogP contribution in [0.1, 0.15) is 62.8 Å². The standard InChI is InChI=1S/C22H20F3N5O2/c1-11-7-14(9-27-20(11)26)21(32)29-17-10-28-30-12(2)8-16(19(31)18(17)30)13-3-5-15(6-4-13)22(23,24)25/h3-7,9-10,12,16H,8H2,1-2H3,(H2,26,27)(H,29,32)/t12-,16?/m0/s1. The monoisotopic (exact) mass is 443 g/mol. The largest absolute Gasteiger partial charge is 0.416 e. The molecule has 1 aromatic carbocycles. The van der Waals surface area contributed by atoms with Gasteiger partial charge in [-0.3, -0.25) is 14.3 Å². The number of carbonyl (C=O) groups is 2. The molecule has 0 saturated heterocycles. The van der Waals surface area contributed by atoms with Gasteiger partial charge in [-0.1, -0.05) is 12.1 Å². The lowest BCUT2D eigenvalue weighted by Gasteiger charge is -2.28. The highest BCUT2D eigenvalue weighted by Gasteiger charge is 2.37. The van der Waals surface area contributed by atoms with Gasteiger partial charge in [0.05, 0.1) is 35.0 Å². The van der Waals surface area contributed by atoms with Crippen LogP contribution in [0.2, 0.25) is 0 Å². The second-order valence-electron chi connectivity index (χ2n) is 7.85. The van der Waals surface area contributed by atoms with Crippen molar-refractivity contribution in [3.05, 3.63) is 70.7 Å². The summed E-state index contributed by atoms with van der Waals surface area (Å²) in [5.74, 6) is -1.13. The van der Waals surface area contributed by atoms with Crippen molar-refractivity contribution in [3.8, 4) is 0 Å². The molecule has 7 nitrogen and oxygen atoms in total. The molecular weight excluding hydrogens is 423 g/mol. The number of ketones is 1. The number of nitrogens with zero attached hydrogens (tertiary/aromatic N) is 3. The number of fused-ring (bicyclic) bond motifs is 1. The zero-order valence-corrected chi connectivity index (χ0v) is 17.3. The van der Waals surface area contributed by atoms with E-state index in [1.807, 2.05) is 6.92 Å². The molecule has 0 radical (unpaired) electrons. The number of Topliss-reactive ketones (excluding diaryl/α,β-unsaturated/α-hetero) is 1. The average Bonchev–Trinajstić information content (AvgIpc) is 3.16. The van der Waals surface area contributed by atoms with Crippen molar-refractivity contribution in [1.29, 1.82) is 0 Å². The Labute approximate surface area is 181 Å². The number of pyridine rings is 1. The number of nitrogen functional groups attached to an aromatic ring is 1. The highest BCUT2D eigenvalue weighted by molar-refractivity contribution is 6.10. The molecule has 4 rings (SSSR count). The summed E-state index contributed by atoms with van der Waals surface area (Å²) in [6, 6.07) is 5.98. The fraction of sp³-hybridized carbons (Fsp3) is 0.273. The first-order valence-electron chi connectivity index (χ1n) is 9.88. The van der Waals surface area contributed by atoms with E-state index in [1.54, 1.807) is 13.0 Å². The summed E-state index contributed by atoms with van der Waals surface area (Å²) in [4.78, 5) is 29.9. The smallest absolute Gasteiger partial charge is 0.383 e. The van der Waals surface area contributed by atoms with Gasteiger partial charge in [-0.2, -0.15) is 18.3 Å². The average molecular weight is 443 g/mol. The Morgan fingerprint density at radius 3 is 2.53 bits per heavy atom. The lowest BCUT2D eigenvalue weighted by molar-refractivity contribution is -0.137. The van der Waals surface area contributed by atoms with Crippen molar-refractivity contribution in [2.24, 2.45) is 0 Å². The Balaban J connectivity index is 1.63. The van der Waals surface area contributed by atoms with Crippen molar-refractivity contribution < 1.29 is 22.8 Å². The second kappa shape index (κ2) is 7.77. The first-order valence-corrected chi connectivity index (χ1v) is 9.88. The van der Waals surface area contributed by atoms with E-state index in [0.29, 0.717) is 23.4 Å². The third-order valence-corrected chi connectivity index (χ3v) is 5.61. The van der Waals surface area contributed by atoms with Crippen LogP contribution < -0.4 is 11.1 Å². The minimum absolute atomic E-state index is 0.193. The van der Waals surface area contributed by atoms with Crippen LogP contribution in [-0.2, 0) is 6.18 Å². The van der Waals surface area contributed by atoms with Gasteiger partial charge in [0.25, 0.3) is 5.91 Å². The zero-order chi connectivity index (χ0) is 23.2. The molecule has 3 N–H and O–H groups in total. The molecule has 1 aliphatic rings. The predicted octanol–water partition coefficient (Wildman–Crippen LogP) is 4.37. The normalized spacial score (nSPS) is 18.3. The molecule has 0 fully saturated rings. The van der Waals surface area contributed by atoms with E-state index in [9.17, 15) is 22.8 Å². The fourth-order valence-corrected chi connectivity index (χ4v) is 3.84. The quantitative estimate of drug-likeness (QED) is 0.626. The summed E-state index contributed by atoms with van der Waals surface area (Å²) >= 11 is 0. The van der Waals surface area contributed by atoms with E-state index >= 15 is 0 Å². The molecule has 0 aliphatic carbocycles. The lowest BCUT2D eigenvalue weighted by atomic mass is 9.84. The van der Waals surface area contributed by atoms with Crippen molar-refractivity contribution in [2.45, 2.75) is 38.4 Å². The molecule has 0 spiro atoms. The summed E-state index contributed by atoms with van der Waals surface area (Å²) in [5.41, 5.74) is 6.75. The van der Waals surface area contributed by atoms with Crippen molar-refractivity contribution >= 4 is 23.2 Å². The van der Waals surface area contributed by atoms with Crippen molar-refractivity contribution in [1.82, 2.24) is 14.8 Å². The molecular formula is C22H20F3N5O2. The number of nitrogens with two attached hydrogens (primary N) is 1. The summed E-state index contributed by atoms with van der Waals surface area (Å²) < 4.78 is 40.2. The number of carbonyl (C=O) groups excluding carboxylic acids is 2. The molecule has 0 saturated carbocycles. The number of hydrogen-bond donors (Lipinski definition) is 2. The van der Waals surface area contributed by atoms with Crippen LogP contribution in [0.4, 0.5) is 24.7 Å². The van der Waals surface area contributed by atoms with E-state index in [-0.39, 0.29) is 28.8 Å². The first-order chi connectivity index (χ1) is 15.1. The topological polar surface area (TPSA) is 103 Å². The minimum Gasteiger partial charge on any atom is -0.383 e. The number of anilines is 2. The summed E-state index contributed by atoms with van der Waals surface area (Å²) in [5, 5.41) is 6.93. The molecule has 32 heavy (non-hydrogen) atoms. The second-order valence-corrected chi connectivity index (χ2v) is 7.85. The predicted molar refractivity (Wildman–Crippen MR) is 111 cm³/mol. The van der Waals surface area contributed by atoms with Gasteiger partial charge in [0.15, 0.2) is 5.78 Å². The number of benzene rings is 1. The Hall–Kier alpha value is -3.69. The van der Waals surface area contributed by atoms with E-state index < -0.39 is 23.6 Å². The van der Waals surface area contributed by atoms with Crippen LogP contribution in [0, 0.1) is 6.92 Å². The number of hydrogen-bond acceptors (Lipinski definition) is 5. The third kappa shape index (κ3) is 3.83. The van der Waals surface area contributed by atoms with Gasteiger partial charge in [-0.15, -0.1) is 0 Å². The molecule has 1 amide bonds. The maximum atomic E-state index is 13.3. The number of alkyl halides is 3. The molecule has 2 aromatic heterocycles. The Morgan fingerprint density at radius 1 is 1.22 bits per heavy atom. The van der Waals surface area contributed by atoms with Crippen LogP contribution in [0.15, 0.2) is 42.7 Å². The summed E-state index contributed by atoms with van der Waals surface area (Å²) in [6.45, 7) is 3.58. The van der Waals surface area contributed by atoms with E-state index in [2.05, 4.69) is 15.4 Å². The fourth-order valence-electron chi connectivity index (χ4n) is 3.84. The molecule has 2 atom stereocenters. The Morgan fingerprint density at radius 2 is 1.91 bits per heavy atom. The molecule has 3 aromatic rings.